The van der Waals surface area contributed by atoms with Crippen LogP contribution < -0.4 is 4.90 Å². The van der Waals surface area contributed by atoms with Gasteiger partial charge in [0.05, 0.1) is 22.6 Å². The third-order valence-corrected chi connectivity index (χ3v) is 2.30. The van der Waals surface area contributed by atoms with Crippen LogP contribution in [0.4, 0.5) is 10.5 Å². The van der Waals surface area contributed by atoms with Gasteiger partial charge >= 0.3 is 6.09 Å². The summed E-state index contributed by atoms with van der Waals surface area (Å²) in [7, 11) is 1.62. The van der Waals surface area contributed by atoms with E-state index in [1.807, 2.05) is 20.8 Å². The minimum Gasteiger partial charge on any atom is -0.443 e. The van der Waals surface area contributed by atoms with E-state index in [-0.39, 0.29) is 0 Å². The molecule has 0 saturated heterocycles. The van der Waals surface area contributed by atoms with Crippen LogP contribution in [-0.4, -0.2) is 28.9 Å². The first-order valence-electron chi connectivity index (χ1n) is 4.74. The normalized spacial score (nSPS) is 11.1. The lowest BCUT2D eigenvalue weighted by Gasteiger charge is -2.24. The van der Waals surface area contributed by atoms with Crippen molar-refractivity contribution in [1.29, 1.82) is 0 Å². The Bertz CT molecular complexity index is 390. The molecule has 0 saturated carbocycles. The zero-order valence-corrected chi connectivity index (χ0v) is 11.3. The van der Waals surface area contributed by atoms with Crippen LogP contribution >= 0.6 is 15.9 Å². The molecule has 1 amide bonds. The lowest BCUT2D eigenvalue weighted by Crippen LogP contribution is -2.34. The molecule has 1 rings (SSSR count). The Morgan fingerprint density at radius 2 is 1.94 bits per heavy atom. The fourth-order valence-corrected chi connectivity index (χ4v) is 1.44. The van der Waals surface area contributed by atoms with Gasteiger partial charge in [-0.3, -0.25) is 4.90 Å². The van der Waals surface area contributed by atoms with Gasteiger partial charge < -0.3 is 4.74 Å². The zero-order valence-electron chi connectivity index (χ0n) is 9.69. The second-order valence-electron chi connectivity index (χ2n) is 4.26. The minimum absolute atomic E-state index is 0.429. The lowest BCUT2D eigenvalue weighted by molar-refractivity contribution is 0.0589. The van der Waals surface area contributed by atoms with Crippen molar-refractivity contribution >= 4 is 27.7 Å². The third-order valence-electron chi connectivity index (χ3n) is 1.69. The number of nitrogens with zero attached hydrogens (tertiary/aromatic N) is 3. The van der Waals surface area contributed by atoms with E-state index in [4.69, 9.17) is 4.74 Å². The first-order valence-corrected chi connectivity index (χ1v) is 5.53. The smallest absolute Gasteiger partial charge is 0.414 e. The number of aromatic nitrogens is 2. The molecule has 16 heavy (non-hydrogen) atoms. The molecule has 0 atom stereocenters. The van der Waals surface area contributed by atoms with E-state index in [0.29, 0.717) is 10.2 Å². The van der Waals surface area contributed by atoms with Gasteiger partial charge in [0.2, 0.25) is 0 Å². The summed E-state index contributed by atoms with van der Waals surface area (Å²) in [6, 6.07) is 0. The van der Waals surface area contributed by atoms with Crippen LogP contribution in [-0.2, 0) is 4.74 Å². The molecule has 0 N–H and O–H groups in total. The van der Waals surface area contributed by atoms with Gasteiger partial charge in [0, 0.05) is 7.05 Å². The molecule has 0 spiro atoms. The van der Waals surface area contributed by atoms with Crippen molar-refractivity contribution in [2.45, 2.75) is 26.4 Å². The molecule has 6 heteroatoms. The number of halogens is 1. The first-order chi connectivity index (χ1) is 7.31. The van der Waals surface area contributed by atoms with Crippen LogP contribution in [0.1, 0.15) is 20.8 Å². The van der Waals surface area contributed by atoms with Gasteiger partial charge in [-0.05, 0) is 36.7 Å². The predicted molar refractivity (Wildman–Crippen MR) is 64.4 cm³/mol. The van der Waals surface area contributed by atoms with Crippen molar-refractivity contribution in [2.75, 3.05) is 11.9 Å². The highest BCUT2D eigenvalue weighted by Crippen LogP contribution is 2.24. The molecule has 0 unspecified atom stereocenters. The van der Waals surface area contributed by atoms with Crippen molar-refractivity contribution < 1.29 is 9.53 Å². The molecule has 0 aliphatic rings. The predicted octanol–water partition coefficient (Wildman–Crippen LogP) is 2.61. The van der Waals surface area contributed by atoms with Crippen LogP contribution in [0.15, 0.2) is 16.9 Å². The monoisotopic (exact) mass is 287 g/mol. The number of carbonyl (C=O) groups excluding carboxylic acids is 1. The standard InChI is InChI=1S/C10H14BrN3O2/c1-10(2,3)16-9(15)14(4)8-6-13-12-5-7(8)11/h5-6H,1-4H3. The van der Waals surface area contributed by atoms with Crippen molar-refractivity contribution in [3.8, 4) is 0 Å². The van der Waals surface area contributed by atoms with Gasteiger partial charge in [-0.25, -0.2) is 4.79 Å². The summed E-state index contributed by atoms with van der Waals surface area (Å²) in [6.07, 6.45) is 2.59. The summed E-state index contributed by atoms with van der Waals surface area (Å²) in [4.78, 5) is 13.1. The van der Waals surface area contributed by atoms with E-state index in [1.54, 1.807) is 7.05 Å². The Morgan fingerprint density at radius 3 is 2.44 bits per heavy atom. The number of anilines is 1. The van der Waals surface area contributed by atoms with E-state index in [2.05, 4.69) is 26.1 Å². The number of ether oxygens (including phenoxy) is 1. The molecule has 0 aliphatic carbocycles. The first kappa shape index (κ1) is 12.9. The molecule has 0 aliphatic heterocycles. The molecule has 1 aromatic rings. The second-order valence-corrected chi connectivity index (χ2v) is 5.12. The maximum atomic E-state index is 11.7. The number of hydrogen-bond donors (Lipinski definition) is 0. The number of amides is 1. The van der Waals surface area contributed by atoms with Gasteiger partial charge in [-0.2, -0.15) is 10.2 Å². The maximum Gasteiger partial charge on any atom is 0.414 e. The van der Waals surface area contributed by atoms with Gasteiger partial charge in [-0.1, -0.05) is 0 Å². The Morgan fingerprint density at radius 1 is 1.38 bits per heavy atom. The fraction of sp³-hybridized carbons (Fsp3) is 0.500. The van der Waals surface area contributed by atoms with Crippen LogP contribution in [0.3, 0.4) is 0 Å². The molecule has 0 fully saturated rings. The average Bonchev–Trinajstić information content (AvgIpc) is 2.15. The van der Waals surface area contributed by atoms with E-state index in [9.17, 15) is 4.79 Å². The Balaban J connectivity index is 2.83. The highest BCUT2D eigenvalue weighted by atomic mass is 79.9. The average molecular weight is 288 g/mol. The summed E-state index contributed by atoms with van der Waals surface area (Å²) in [5, 5.41) is 7.40. The van der Waals surface area contributed by atoms with Gasteiger partial charge in [-0.15, -0.1) is 0 Å². The van der Waals surface area contributed by atoms with Crippen molar-refractivity contribution in [3.05, 3.63) is 16.9 Å². The molecule has 0 bridgehead atoms. The van der Waals surface area contributed by atoms with E-state index >= 15 is 0 Å². The number of rotatable bonds is 1. The van der Waals surface area contributed by atoms with Crippen LogP contribution in [0.5, 0.6) is 0 Å². The molecule has 1 heterocycles. The van der Waals surface area contributed by atoms with Crippen molar-refractivity contribution in [1.82, 2.24) is 10.2 Å². The minimum atomic E-state index is -0.516. The van der Waals surface area contributed by atoms with Crippen LogP contribution in [0.25, 0.3) is 0 Å². The SMILES string of the molecule is CN(C(=O)OC(C)(C)C)c1cnncc1Br. The molecule has 0 aromatic carbocycles. The van der Waals surface area contributed by atoms with E-state index < -0.39 is 11.7 Å². The van der Waals surface area contributed by atoms with Gasteiger partial charge in [0.15, 0.2) is 0 Å². The fourth-order valence-electron chi connectivity index (χ4n) is 0.975. The topological polar surface area (TPSA) is 55.3 Å². The van der Waals surface area contributed by atoms with Gasteiger partial charge in [0.1, 0.15) is 5.60 Å². The second kappa shape index (κ2) is 4.78. The molecule has 88 valence electrons. The Hall–Kier alpha value is -1.17. The largest absolute Gasteiger partial charge is 0.443 e. The Labute approximate surface area is 103 Å². The van der Waals surface area contributed by atoms with Gasteiger partial charge in [0.25, 0.3) is 0 Å². The van der Waals surface area contributed by atoms with E-state index in [1.165, 1.54) is 17.3 Å². The molecule has 5 nitrogen and oxygen atoms in total. The molecular weight excluding hydrogens is 274 g/mol. The maximum absolute atomic E-state index is 11.7. The molecule has 1 aromatic heterocycles. The third kappa shape index (κ3) is 3.44. The van der Waals surface area contributed by atoms with Crippen molar-refractivity contribution in [3.63, 3.8) is 0 Å². The summed E-state index contributed by atoms with van der Waals surface area (Å²) in [5.41, 5.74) is 0.0994. The quantitative estimate of drug-likeness (QED) is 0.797. The number of carbonyl (C=O) groups is 1. The highest BCUT2D eigenvalue weighted by molar-refractivity contribution is 9.10. The molecular formula is C10H14BrN3O2. The lowest BCUT2D eigenvalue weighted by atomic mass is 10.2. The summed E-state index contributed by atoms with van der Waals surface area (Å²) in [5.74, 6) is 0. The van der Waals surface area contributed by atoms with Crippen LogP contribution in [0, 0.1) is 0 Å². The zero-order chi connectivity index (χ0) is 12.3. The summed E-state index contributed by atoms with van der Waals surface area (Å²) in [6.45, 7) is 5.45. The number of hydrogen-bond acceptors (Lipinski definition) is 4. The van der Waals surface area contributed by atoms with E-state index in [0.717, 1.165) is 0 Å². The molecule has 0 radical (unpaired) electrons. The highest BCUT2D eigenvalue weighted by Gasteiger charge is 2.21. The van der Waals surface area contributed by atoms with Crippen molar-refractivity contribution in [2.24, 2.45) is 0 Å². The summed E-state index contributed by atoms with van der Waals surface area (Å²) < 4.78 is 5.92. The van der Waals surface area contributed by atoms with Crippen LogP contribution in [0.2, 0.25) is 0 Å². The Kier molecular flexibility index (Phi) is 3.85. The summed E-state index contributed by atoms with van der Waals surface area (Å²) >= 11 is 3.29.